The van der Waals surface area contributed by atoms with Gasteiger partial charge in [-0.05, 0) is 50.5 Å². The average molecular weight is 325 g/mol. The number of aromatic amines is 1. The molecular weight excluding hydrogens is 298 g/mol. The number of fused-ring (bicyclic) bond motifs is 1. The van der Waals surface area contributed by atoms with Gasteiger partial charge in [-0.3, -0.25) is 4.79 Å². The molecule has 1 aromatic heterocycles. The number of aromatic nitrogens is 2. The summed E-state index contributed by atoms with van der Waals surface area (Å²) in [5, 5.41) is 3.07. The van der Waals surface area contributed by atoms with E-state index in [1.54, 1.807) is 6.33 Å². The minimum atomic E-state index is 0.182. The Balaban J connectivity index is 1.29. The van der Waals surface area contributed by atoms with Crippen molar-refractivity contribution in [2.45, 2.75) is 57.3 Å². The summed E-state index contributed by atoms with van der Waals surface area (Å²) < 4.78 is 0. The van der Waals surface area contributed by atoms with Gasteiger partial charge in [0.25, 0.3) is 0 Å². The van der Waals surface area contributed by atoms with Gasteiger partial charge in [0.05, 0.1) is 12.0 Å². The van der Waals surface area contributed by atoms with Gasteiger partial charge in [-0.2, -0.15) is 0 Å². The molecule has 0 aliphatic heterocycles. The van der Waals surface area contributed by atoms with Crippen molar-refractivity contribution in [3.05, 3.63) is 53.6 Å². The third-order valence-electron chi connectivity index (χ3n) is 4.89. The van der Waals surface area contributed by atoms with Gasteiger partial charge < -0.3 is 10.3 Å². The van der Waals surface area contributed by atoms with E-state index < -0.39 is 0 Å². The normalized spacial score (nSPS) is 16.6. The first kappa shape index (κ1) is 16.7. The van der Waals surface area contributed by atoms with Gasteiger partial charge in [-0.15, -0.1) is 0 Å². The van der Waals surface area contributed by atoms with Crippen LogP contribution in [-0.2, 0) is 17.6 Å². The molecule has 1 heterocycles. The second-order valence-electron chi connectivity index (χ2n) is 6.69. The Morgan fingerprint density at radius 1 is 1.25 bits per heavy atom. The number of hydrogen-bond acceptors (Lipinski definition) is 2. The molecule has 0 saturated heterocycles. The summed E-state index contributed by atoms with van der Waals surface area (Å²) in [7, 11) is 0. The number of rotatable bonds is 8. The fourth-order valence-corrected chi connectivity index (χ4v) is 3.56. The third kappa shape index (κ3) is 4.70. The molecule has 3 rings (SSSR count). The van der Waals surface area contributed by atoms with Crippen LogP contribution in [0, 0.1) is 0 Å². The lowest BCUT2D eigenvalue weighted by Gasteiger charge is -2.21. The molecule has 1 unspecified atom stereocenters. The van der Waals surface area contributed by atoms with Crippen LogP contribution < -0.4 is 5.32 Å². The van der Waals surface area contributed by atoms with Crippen LogP contribution in [0.3, 0.4) is 0 Å². The van der Waals surface area contributed by atoms with Gasteiger partial charge in [-0.1, -0.05) is 30.3 Å². The highest BCUT2D eigenvalue weighted by molar-refractivity contribution is 5.75. The van der Waals surface area contributed by atoms with Crippen LogP contribution in [-0.4, -0.2) is 22.4 Å². The zero-order valence-corrected chi connectivity index (χ0v) is 14.3. The lowest BCUT2D eigenvalue weighted by molar-refractivity contribution is -0.121. The maximum absolute atomic E-state index is 12.0. The molecule has 0 radical (unpaired) electrons. The van der Waals surface area contributed by atoms with Crippen LogP contribution in [0.1, 0.15) is 61.4 Å². The first-order valence-corrected chi connectivity index (χ1v) is 9.15. The molecule has 2 aromatic rings. The quantitative estimate of drug-likeness (QED) is 0.726. The number of nitrogens with zero attached hydrogens (tertiary/aromatic N) is 1. The van der Waals surface area contributed by atoms with Crippen LogP contribution in [0.2, 0.25) is 0 Å². The van der Waals surface area contributed by atoms with E-state index in [2.05, 4.69) is 39.6 Å². The van der Waals surface area contributed by atoms with E-state index in [4.69, 9.17) is 0 Å². The maximum Gasteiger partial charge on any atom is 0.219 e. The van der Waals surface area contributed by atoms with Gasteiger partial charge >= 0.3 is 0 Å². The summed E-state index contributed by atoms with van der Waals surface area (Å²) in [4.78, 5) is 19.7. The Hall–Kier alpha value is -2.10. The number of amides is 1. The van der Waals surface area contributed by atoms with E-state index in [9.17, 15) is 4.79 Å². The summed E-state index contributed by atoms with van der Waals surface area (Å²) in [6.45, 7) is 0.758. The number of hydrogen-bond donors (Lipinski definition) is 2. The number of carbonyl (C=O) groups is 1. The highest BCUT2D eigenvalue weighted by Gasteiger charge is 2.22. The summed E-state index contributed by atoms with van der Waals surface area (Å²) in [5.41, 5.74) is 3.86. The number of carbonyl (C=O) groups excluding carboxylic acids is 1. The van der Waals surface area contributed by atoms with Crippen molar-refractivity contribution in [3.63, 3.8) is 0 Å². The van der Waals surface area contributed by atoms with Crippen molar-refractivity contribution >= 4 is 5.91 Å². The number of benzene rings is 1. The Kier molecular flexibility index (Phi) is 6.05. The Morgan fingerprint density at radius 2 is 2.12 bits per heavy atom. The zero-order valence-electron chi connectivity index (χ0n) is 14.3. The van der Waals surface area contributed by atoms with Gasteiger partial charge in [0.2, 0.25) is 5.91 Å². The van der Waals surface area contributed by atoms with Gasteiger partial charge in [-0.25, -0.2) is 4.98 Å². The molecule has 24 heavy (non-hydrogen) atoms. The van der Waals surface area contributed by atoms with Crippen LogP contribution in [0.15, 0.2) is 36.7 Å². The Bertz CT molecular complexity index is 635. The standard InChI is InChI=1S/C20H27N3O/c24-19(12-5-4-9-16-7-2-1-3-8-16)21-14-13-17-10-6-11-18-20(17)23-15-22-18/h1-3,7-8,15,17H,4-6,9-14H2,(H,21,24)(H,22,23). The van der Waals surface area contributed by atoms with E-state index in [-0.39, 0.29) is 5.91 Å². The Morgan fingerprint density at radius 3 is 3.00 bits per heavy atom. The van der Waals surface area contributed by atoms with Gasteiger partial charge in [0, 0.05) is 24.6 Å². The van der Waals surface area contributed by atoms with Crippen molar-refractivity contribution < 1.29 is 4.79 Å². The van der Waals surface area contributed by atoms with Crippen LogP contribution in [0.5, 0.6) is 0 Å². The SMILES string of the molecule is O=C(CCCCc1ccccc1)NCCC1CCCc2[nH]cnc21. The molecule has 0 fully saturated rings. The minimum Gasteiger partial charge on any atom is -0.356 e. The molecule has 2 N–H and O–H groups in total. The molecule has 1 aromatic carbocycles. The first-order valence-electron chi connectivity index (χ1n) is 9.15. The maximum atomic E-state index is 12.0. The van der Waals surface area contributed by atoms with Crippen LogP contribution in [0.25, 0.3) is 0 Å². The molecular formula is C20H27N3O. The molecule has 0 bridgehead atoms. The molecule has 0 saturated carbocycles. The number of aryl methyl sites for hydroxylation is 2. The zero-order chi connectivity index (χ0) is 16.6. The van der Waals surface area contributed by atoms with Crippen molar-refractivity contribution in [3.8, 4) is 0 Å². The third-order valence-corrected chi connectivity index (χ3v) is 4.89. The van der Waals surface area contributed by atoms with E-state index in [1.165, 1.54) is 29.8 Å². The van der Waals surface area contributed by atoms with E-state index in [1.807, 2.05) is 6.07 Å². The van der Waals surface area contributed by atoms with E-state index in [0.29, 0.717) is 12.3 Å². The largest absolute Gasteiger partial charge is 0.356 e. The fraction of sp³-hybridized carbons (Fsp3) is 0.500. The molecule has 1 aliphatic rings. The summed E-state index contributed by atoms with van der Waals surface area (Å²) in [6.07, 6.45) is 10.0. The molecule has 1 atom stereocenters. The second kappa shape index (κ2) is 8.67. The molecule has 128 valence electrons. The number of unbranched alkanes of at least 4 members (excludes halogenated alkanes) is 1. The molecule has 4 nitrogen and oxygen atoms in total. The van der Waals surface area contributed by atoms with Crippen LogP contribution >= 0.6 is 0 Å². The molecule has 0 spiro atoms. The van der Waals surface area contributed by atoms with E-state index >= 15 is 0 Å². The minimum absolute atomic E-state index is 0.182. The monoisotopic (exact) mass is 325 g/mol. The number of imidazole rings is 1. The lowest BCUT2D eigenvalue weighted by atomic mass is 9.87. The predicted octanol–water partition coefficient (Wildman–Crippen LogP) is 3.75. The average Bonchev–Trinajstić information content (AvgIpc) is 3.09. The smallest absolute Gasteiger partial charge is 0.219 e. The van der Waals surface area contributed by atoms with Crippen molar-refractivity contribution in [2.24, 2.45) is 0 Å². The molecule has 1 amide bonds. The van der Waals surface area contributed by atoms with Crippen molar-refractivity contribution in [1.82, 2.24) is 15.3 Å². The first-order chi connectivity index (χ1) is 11.8. The summed E-state index contributed by atoms with van der Waals surface area (Å²) in [5.74, 6) is 0.680. The number of H-pyrrole nitrogens is 1. The van der Waals surface area contributed by atoms with Gasteiger partial charge in [0.1, 0.15) is 0 Å². The summed E-state index contributed by atoms with van der Waals surface area (Å²) in [6, 6.07) is 10.5. The predicted molar refractivity (Wildman–Crippen MR) is 95.9 cm³/mol. The molecule has 1 aliphatic carbocycles. The molecule has 4 heteroatoms. The highest BCUT2D eigenvalue weighted by Crippen LogP contribution is 2.31. The summed E-state index contributed by atoms with van der Waals surface area (Å²) >= 11 is 0. The fourth-order valence-electron chi connectivity index (χ4n) is 3.56. The Labute approximate surface area is 144 Å². The topological polar surface area (TPSA) is 57.8 Å². The van der Waals surface area contributed by atoms with Crippen LogP contribution in [0.4, 0.5) is 0 Å². The second-order valence-corrected chi connectivity index (χ2v) is 6.69. The van der Waals surface area contributed by atoms with Crippen molar-refractivity contribution in [2.75, 3.05) is 6.54 Å². The van der Waals surface area contributed by atoms with E-state index in [0.717, 1.165) is 38.6 Å². The van der Waals surface area contributed by atoms with Crippen molar-refractivity contribution in [1.29, 1.82) is 0 Å². The van der Waals surface area contributed by atoms with Gasteiger partial charge in [0.15, 0.2) is 0 Å². The lowest BCUT2D eigenvalue weighted by Crippen LogP contribution is -2.26. The number of nitrogens with one attached hydrogen (secondary N) is 2. The highest BCUT2D eigenvalue weighted by atomic mass is 16.1.